The molecule has 2 aliphatic rings. The zero-order valence-corrected chi connectivity index (χ0v) is 57.1. The summed E-state index contributed by atoms with van der Waals surface area (Å²) in [4.78, 5) is 178. The van der Waals surface area contributed by atoms with Crippen molar-refractivity contribution in [3.63, 3.8) is 0 Å². The number of phenolic OH excluding ortho intramolecular Hbond substituents is 2. The number of fused-ring (bicyclic) bond motifs is 1. The Kier molecular flexibility index (Phi) is 29.1. The van der Waals surface area contributed by atoms with Crippen LogP contribution in [-0.2, 0) is 89.6 Å². The summed E-state index contributed by atoms with van der Waals surface area (Å²) in [5, 5.41) is 48.0. The molecule has 0 unspecified atom stereocenters. The number of hydrogen-bond donors (Lipinski definition) is 13. The van der Waals surface area contributed by atoms with Gasteiger partial charge in [-0.15, -0.1) is 0 Å². The number of hydrogen-bond acceptors (Lipinski definition) is 14. The maximum Gasteiger partial charge on any atom is 0.246 e. The molecule has 0 saturated carbocycles. The van der Waals surface area contributed by atoms with E-state index >= 15 is 24.0 Å². The lowest BCUT2D eigenvalue weighted by Gasteiger charge is -2.32. The third-order valence-corrected chi connectivity index (χ3v) is 17.2. The SMILES string of the molecule is CCCNC(=O)C[C@@H]1NC(=O)[C@@H](Cc2ccccc2)NC(=O)[C@H](Cc2ccccc2)NC(=O)[C@@H]2CCCN2C(=O)[C@@H](Cc2ccccc2)NC(=O)[C@H](CC(C)C)NC(=O)[C@H](CC(C)C)NC(=O)[C@H](Cc2ccc(O)cc2)NC(=O)[C@H](Cc2ccc(O)cc2)NC(=O)[C@H](CCC(N)=O)NC1=O. The lowest BCUT2D eigenvalue weighted by Crippen LogP contribution is -2.62. The first-order valence-electron chi connectivity index (χ1n) is 34.1. The Labute approximate surface area is 582 Å². The van der Waals surface area contributed by atoms with Crippen LogP contribution in [0.15, 0.2) is 140 Å². The molecule has 2 aliphatic heterocycles. The molecule has 7 rings (SSSR count). The molecule has 534 valence electrons. The monoisotopic (exact) mass is 1370 g/mol. The van der Waals surface area contributed by atoms with Gasteiger partial charge in [0.1, 0.15) is 71.9 Å². The maximum absolute atomic E-state index is 15.3. The number of nitrogens with two attached hydrogens (primary N) is 1. The molecule has 26 heteroatoms. The van der Waals surface area contributed by atoms with Crippen LogP contribution in [0.3, 0.4) is 0 Å². The number of rotatable bonds is 21. The number of nitrogens with zero attached hydrogens (tertiary/aromatic N) is 1. The first kappa shape index (κ1) is 76.7. The molecule has 5 aromatic carbocycles. The molecule has 2 heterocycles. The highest BCUT2D eigenvalue weighted by Crippen LogP contribution is 2.23. The molecule has 0 bridgehead atoms. The minimum absolute atomic E-state index is 0.00896. The van der Waals surface area contributed by atoms with Gasteiger partial charge in [-0.1, -0.05) is 150 Å². The minimum Gasteiger partial charge on any atom is -0.508 e. The van der Waals surface area contributed by atoms with Crippen LogP contribution < -0.4 is 58.9 Å². The Bertz CT molecular complexity index is 3620. The first-order valence-corrected chi connectivity index (χ1v) is 34.1. The van der Waals surface area contributed by atoms with Crippen LogP contribution in [0, 0.1) is 11.8 Å². The van der Waals surface area contributed by atoms with Crippen molar-refractivity contribution in [2.45, 2.75) is 179 Å². The summed E-state index contributed by atoms with van der Waals surface area (Å²) in [6, 6.07) is 22.6. The molecule has 0 aliphatic carbocycles. The topological polar surface area (TPSA) is 395 Å². The number of aromatic hydroxyl groups is 2. The van der Waals surface area contributed by atoms with Gasteiger partial charge in [0.25, 0.3) is 0 Å². The highest BCUT2D eigenvalue weighted by molar-refractivity contribution is 6.01. The molecule has 0 spiro atoms. The fraction of sp³-hybridized carbons (Fsp3) is 0.432. The van der Waals surface area contributed by atoms with Crippen LogP contribution in [0.2, 0.25) is 0 Å². The largest absolute Gasteiger partial charge is 0.508 e. The smallest absolute Gasteiger partial charge is 0.246 e. The summed E-state index contributed by atoms with van der Waals surface area (Å²) in [5.41, 5.74) is 8.22. The van der Waals surface area contributed by atoms with Gasteiger partial charge >= 0.3 is 0 Å². The summed E-state index contributed by atoms with van der Waals surface area (Å²) >= 11 is 0. The molecule has 12 amide bonds. The molecule has 2 fully saturated rings. The van der Waals surface area contributed by atoms with Crippen LogP contribution in [0.4, 0.5) is 0 Å². The van der Waals surface area contributed by atoms with E-state index in [4.69, 9.17) is 5.73 Å². The molecule has 5 aromatic rings. The van der Waals surface area contributed by atoms with Gasteiger partial charge in [-0.05, 0) is 102 Å². The molecular weight excluding hydrogens is 1280 g/mol. The second-order valence-electron chi connectivity index (χ2n) is 26.4. The molecule has 2 saturated heterocycles. The van der Waals surface area contributed by atoms with Gasteiger partial charge in [-0.3, -0.25) is 57.5 Å². The second-order valence-corrected chi connectivity index (χ2v) is 26.4. The van der Waals surface area contributed by atoms with E-state index in [1.165, 1.54) is 53.4 Å². The van der Waals surface area contributed by atoms with Gasteiger partial charge in [-0.2, -0.15) is 0 Å². The third-order valence-electron chi connectivity index (χ3n) is 17.2. The fourth-order valence-electron chi connectivity index (χ4n) is 12.0. The molecule has 14 N–H and O–H groups in total. The van der Waals surface area contributed by atoms with Gasteiger partial charge in [0.15, 0.2) is 0 Å². The Balaban J connectivity index is 1.36. The van der Waals surface area contributed by atoms with Crippen LogP contribution in [-0.4, -0.2) is 160 Å². The number of primary amides is 1. The number of benzene rings is 5. The summed E-state index contributed by atoms with van der Waals surface area (Å²) in [5.74, 6) is -11.1. The molecular formula is C74H94N12O14. The quantitative estimate of drug-likeness (QED) is 0.0502. The fourth-order valence-corrected chi connectivity index (χ4v) is 12.0. The van der Waals surface area contributed by atoms with Crippen molar-refractivity contribution in [3.05, 3.63) is 167 Å². The average Bonchev–Trinajstić information content (AvgIpc) is 1.15. The van der Waals surface area contributed by atoms with Crippen LogP contribution >= 0.6 is 0 Å². The van der Waals surface area contributed by atoms with Crippen molar-refractivity contribution in [2.24, 2.45) is 17.6 Å². The summed E-state index contributed by atoms with van der Waals surface area (Å²) < 4.78 is 0. The zero-order valence-electron chi connectivity index (χ0n) is 57.1. The van der Waals surface area contributed by atoms with Crippen molar-refractivity contribution in [1.82, 2.24) is 58.1 Å². The van der Waals surface area contributed by atoms with Crippen molar-refractivity contribution in [1.29, 1.82) is 0 Å². The van der Waals surface area contributed by atoms with Gasteiger partial charge in [0.2, 0.25) is 70.9 Å². The number of carbonyl (C=O) groups is 12. The van der Waals surface area contributed by atoms with Gasteiger partial charge in [-0.25, -0.2) is 0 Å². The Morgan fingerprint density at radius 2 is 0.760 bits per heavy atom. The standard InChI is InChI=1S/C74H94N12O14/c1-6-34-76-64(90)43-60-72(98)77-53(32-33-63(75)89)65(91)80-57(40-49-24-28-51(87)29-25-49)69(95)82-58(41-50-26-30-52(88)31-27-50)68(94)79-54(36-44(2)3)66(92)78-55(37-45(4)5)67(93)85-61(42-48-21-14-9-15-22-48)74(100)86-35-16-23-62(86)73(99)84-59(39-47-19-12-8-13-20-47)71(97)81-56(70(96)83-60)38-46-17-10-7-11-18-46/h7-15,17-22,24-31,44-45,53-62,87-88H,6,16,23,32-43H2,1-5H3,(H2,75,89)(H,76,90)(H,77,98)(H,78,92)(H,79,94)(H,80,91)(H,81,97)(H,82,95)(H,83,96)(H,84,99)(H,85,93)/t53-,54-,55-,56+,57-,58-,59-,60-,61+,62-/m0/s1. The first-order chi connectivity index (χ1) is 47.8. The van der Waals surface area contributed by atoms with Gasteiger partial charge in [0.05, 0.1) is 6.42 Å². The number of amides is 12. The van der Waals surface area contributed by atoms with Crippen molar-refractivity contribution < 1.29 is 67.7 Å². The van der Waals surface area contributed by atoms with E-state index in [1.807, 2.05) is 13.8 Å². The van der Waals surface area contributed by atoms with E-state index in [2.05, 4.69) is 53.2 Å². The van der Waals surface area contributed by atoms with Crippen LogP contribution in [0.25, 0.3) is 0 Å². The normalized spacial score (nSPS) is 22.9. The summed E-state index contributed by atoms with van der Waals surface area (Å²) in [7, 11) is 0. The van der Waals surface area contributed by atoms with E-state index in [1.54, 1.807) is 112 Å². The summed E-state index contributed by atoms with van der Waals surface area (Å²) in [6.07, 6.45) is -1.64. The van der Waals surface area contributed by atoms with Gasteiger partial charge < -0.3 is 74.0 Å². The molecule has 0 aromatic heterocycles. The lowest BCUT2D eigenvalue weighted by atomic mass is 9.98. The zero-order chi connectivity index (χ0) is 72.4. The highest BCUT2D eigenvalue weighted by Gasteiger charge is 2.42. The Morgan fingerprint density at radius 1 is 0.440 bits per heavy atom. The second kappa shape index (κ2) is 37.9. The van der Waals surface area contributed by atoms with E-state index in [9.17, 15) is 43.8 Å². The molecule has 10 atom stereocenters. The highest BCUT2D eigenvalue weighted by atomic mass is 16.3. The predicted octanol–water partition coefficient (Wildman–Crippen LogP) is 2.25. The maximum atomic E-state index is 15.3. The van der Waals surface area contributed by atoms with Crippen LogP contribution in [0.5, 0.6) is 11.5 Å². The van der Waals surface area contributed by atoms with Gasteiger partial charge in [0, 0.05) is 51.6 Å². The van der Waals surface area contributed by atoms with E-state index < -0.39 is 151 Å². The summed E-state index contributed by atoms with van der Waals surface area (Å²) in [6.45, 7) is 9.30. The van der Waals surface area contributed by atoms with Crippen molar-refractivity contribution in [2.75, 3.05) is 13.1 Å². The molecule has 100 heavy (non-hydrogen) atoms. The van der Waals surface area contributed by atoms with Crippen LogP contribution in [0.1, 0.15) is 114 Å². The molecule has 26 nitrogen and oxygen atoms in total. The minimum atomic E-state index is -1.80. The number of nitrogens with one attached hydrogen (secondary N) is 10. The van der Waals surface area contributed by atoms with E-state index in [-0.39, 0.29) is 87.8 Å². The van der Waals surface area contributed by atoms with E-state index in [0.29, 0.717) is 40.7 Å². The Morgan fingerprint density at radius 3 is 1.15 bits per heavy atom. The third kappa shape index (κ3) is 24.1. The van der Waals surface area contributed by atoms with E-state index in [0.717, 1.165) is 0 Å². The number of phenols is 2. The lowest BCUT2D eigenvalue weighted by molar-refractivity contribution is -0.142. The predicted molar refractivity (Wildman–Crippen MR) is 371 cm³/mol. The Hall–Kier alpha value is -10.7. The molecule has 0 radical (unpaired) electrons. The van der Waals surface area contributed by atoms with Crippen molar-refractivity contribution >= 4 is 70.9 Å². The van der Waals surface area contributed by atoms with Crippen molar-refractivity contribution in [3.8, 4) is 11.5 Å². The average molecular weight is 1380 g/mol. The number of carbonyl (C=O) groups excluding carboxylic acids is 12.